The molecular formula is C16H15N3O. The monoisotopic (exact) mass is 265 g/mol. The fourth-order valence-corrected chi connectivity index (χ4v) is 2.19. The predicted molar refractivity (Wildman–Crippen MR) is 79.5 cm³/mol. The maximum atomic E-state index is 11.9. The number of aromatic amines is 1. The van der Waals surface area contributed by atoms with E-state index in [1.165, 1.54) is 0 Å². The quantitative estimate of drug-likeness (QED) is 0.712. The van der Waals surface area contributed by atoms with E-state index in [-0.39, 0.29) is 5.78 Å². The lowest BCUT2D eigenvalue weighted by Gasteiger charge is -1.98. The van der Waals surface area contributed by atoms with E-state index in [0.717, 1.165) is 22.4 Å². The van der Waals surface area contributed by atoms with Gasteiger partial charge in [-0.25, -0.2) is 4.98 Å². The van der Waals surface area contributed by atoms with E-state index in [4.69, 9.17) is 5.73 Å². The SMILES string of the molecule is NCCC(=O)c1ccc2nc(-c3ccccc3)[nH]c2c1. The third-order valence-electron chi connectivity index (χ3n) is 3.22. The Bertz CT molecular complexity index is 747. The molecule has 0 unspecified atom stereocenters. The molecule has 4 heteroatoms. The summed E-state index contributed by atoms with van der Waals surface area (Å²) in [6, 6.07) is 15.4. The number of rotatable bonds is 4. The third-order valence-corrected chi connectivity index (χ3v) is 3.22. The molecule has 0 bridgehead atoms. The van der Waals surface area contributed by atoms with E-state index in [1.807, 2.05) is 42.5 Å². The Hall–Kier alpha value is -2.46. The van der Waals surface area contributed by atoms with Crippen LogP contribution in [-0.2, 0) is 0 Å². The van der Waals surface area contributed by atoms with E-state index in [9.17, 15) is 4.79 Å². The molecule has 0 amide bonds. The van der Waals surface area contributed by atoms with Gasteiger partial charge in [-0.2, -0.15) is 0 Å². The van der Waals surface area contributed by atoms with E-state index >= 15 is 0 Å². The summed E-state index contributed by atoms with van der Waals surface area (Å²) in [4.78, 5) is 19.6. The number of hydrogen-bond acceptors (Lipinski definition) is 3. The molecule has 4 nitrogen and oxygen atoms in total. The molecule has 0 saturated carbocycles. The average molecular weight is 265 g/mol. The zero-order valence-electron chi connectivity index (χ0n) is 11.0. The van der Waals surface area contributed by atoms with Crippen LogP contribution in [0.4, 0.5) is 0 Å². The highest BCUT2D eigenvalue weighted by Crippen LogP contribution is 2.21. The Morgan fingerprint density at radius 3 is 2.70 bits per heavy atom. The van der Waals surface area contributed by atoms with Gasteiger partial charge < -0.3 is 10.7 Å². The van der Waals surface area contributed by atoms with Gasteiger partial charge in [0.2, 0.25) is 0 Å². The van der Waals surface area contributed by atoms with Gasteiger partial charge in [-0.15, -0.1) is 0 Å². The number of carbonyl (C=O) groups is 1. The number of nitrogens with one attached hydrogen (secondary N) is 1. The maximum absolute atomic E-state index is 11.9. The molecule has 0 aliphatic rings. The number of nitrogens with two attached hydrogens (primary N) is 1. The number of imidazole rings is 1. The number of ketones is 1. The van der Waals surface area contributed by atoms with Crippen LogP contribution in [0.2, 0.25) is 0 Å². The second-order valence-electron chi connectivity index (χ2n) is 4.65. The highest BCUT2D eigenvalue weighted by Gasteiger charge is 2.09. The molecule has 100 valence electrons. The van der Waals surface area contributed by atoms with Crippen molar-refractivity contribution in [1.29, 1.82) is 0 Å². The average Bonchev–Trinajstić information content (AvgIpc) is 2.91. The summed E-state index contributed by atoms with van der Waals surface area (Å²) in [5.74, 6) is 0.870. The number of fused-ring (bicyclic) bond motifs is 1. The van der Waals surface area contributed by atoms with Crippen molar-refractivity contribution in [2.75, 3.05) is 6.54 Å². The highest BCUT2D eigenvalue weighted by atomic mass is 16.1. The Kier molecular flexibility index (Phi) is 3.31. The zero-order chi connectivity index (χ0) is 13.9. The van der Waals surface area contributed by atoms with Crippen LogP contribution in [0.5, 0.6) is 0 Å². The number of carbonyl (C=O) groups excluding carboxylic acids is 1. The summed E-state index contributed by atoms with van der Waals surface area (Å²) < 4.78 is 0. The molecule has 3 N–H and O–H groups in total. The second kappa shape index (κ2) is 5.27. The van der Waals surface area contributed by atoms with Crippen molar-refractivity contribution in [3.05, 3.63) is 54.1 Å². The summed E-state index contributed by atoms with van der Waals surface area (Å²) in [6.07, 6.45) is 0.366. The minimum atomic E-state index is 0.0604. The van der Waals surface area contributed by atoms with Gasteiger partial charge in [0.05, 0.1) is 11.0 Å². The first kappa shape index (κ1) is 12.6. The van der Waals surface area contributed by atoms with E-state index in [0.29, 0.717) is 18.5 Å². The molecule has 1 aromatic heterocycles. The van der Waals surface area contributed by atoms with Gasteiger partial charge in [0.15, 0.2) is 5.78 Å². The molecule has 0 saturated heterocycles. The van der Waals surface area contributed by atoms with E-state index in [2.05, 4.69) is 9.97 Å². The van der Waals surface area contributed by atoms with Crippen molar-refractivity contribution in [3.8, 4) is 11.4 Å². The number of benzene rings is 2. The molecule has 0 atom stereocenters. The van der Waals surface area contributed by atoms with Gasteiger partial charge in [0.25, 0.3) is 0 Å². The standard InChI is InChI=1S/C16H15N3O/c17-9-8-15(20)12-6-7-13-14(10-12)19-16(18-13)11-4-2-1-3-5-11/h1-7,10H,8-9,17H2,(H,18,19). The maximum Gasteiger partial charge on any atom is 0.164 e. The number of hydrogen-bond donors (Lipinski definition) is 2. The molecule has 1 heterocycles. The van der Waals surface area contributed by atoms with Crippen molar-refractivity contribution in [2.24, 2.45) is 5.73 Å². The van der Waals surface area contributed by atoms with Crippen molar-refractivity contribution >= 4 is 16.8 Å². The number of nitrogens with zero attached hydrogens (tertiary/aromatic N) is 1. The van der Waals surface area contributed by atoms with Crippen molar-refractivity contribution < 1.29 is 4.79 Å². The minimum absolute atomic E-state index is 0.0604. The van der Waals surface area contributed by atoms with Gasteiger partial charge >= 0.3 is 0 Å². The van der Waals surface area contributed by atoms with Gasteiger partial charge in [-0.3, -0.25) is 4.79 Å². The Labute approximate surface area is 116 Å². The Balaban J connectivity index is 2.02. The van der Waals surface area contributed by atoms with Gasteiger partial charge in [-0.05, 0) is 24.7 Å². The lowest BCUT2D eigenvalue weighted by molar-refractivity contribution is 0.0985. The molecule has 0 fully saturated rings. The molecule has 0 spiro atoms. The van der Waals surface area contributed by atoms with Crippen LogP contribution in [0.3, 0.4) is 0 Å². The number of aromatic nitrogens is 2. The Morgan fingerprint density at radius 2 is 1.95 bits per heavy atom. The smallest absolute Gasteiger partial charge is 0.164 e. The van der Waals surface area contributed by atoms with Crippen LogP contribution in [-0.4, -0.2) is 22.3 Å². The summed E-state index contributed by atoms with van der Waals surface area (Å²) in [7, 11) is 0. The molecular weight excluding hydrogens is 250 g/mol. The van der Waals surface area contributed by atoms with Crippen molar-refractivity contribution in [2.45, 2.75) is 6.42 Å². The third kappa shape index (κ3) is 2.33. The molecule has 0 aliphatic carbocycles. The van der Waals surface area contributed by atoms with E-state index in [1.54, 1.807) is 6.07 Å². The summed E-state index contributed by atoms with van der Waals surface area (Å²) in [6.45, 7) is 0.370. The largest absolute Gasteiger partial charge is 0.338 e. The summed E-state index contributed by atoms with van der Waals surface area (Å²) >= 11 is 0. The normalized spacial score (nSPS) is 10.8. The first-order valence-corrected chi connectivity index (χ1v) is 6.56. The first-order valence-electron chi connectivity index (χ1n) is 6.56. The van der Waals surface area contributed by atoms with Crippen LogP contribution >= 0.6 is 0 Å². The molecule has 3 aromatic rings. The van der Waals surface area contributed by atoms with E-state index < -0.39 is 0 Å². The minimum Gasteiger partial charge on any atom is -0.338 e. The fraction of sp³-hybridized carbons (Fsp3) is 0.125. The second-order valence-corrected chi connectivity index (χ2v) is 4.65. The lowest BCUT2D eigenvalue weighted by Crippen LogP contribution is -2.07. The first-order chi connectivity index (χ1) is 9.78. The summed E-state index contributed by atoms with van der Waals surface area (Å²) in [5, 5.41) is 0. The van der Waals surface area contributed by atoms with Crippen LogP contribution < -0.4 is 5.73 Å². The predicted octanol–water partition coefficient (Wildman–Crippen LogP) is 2.76. The van der Waals surface area contributed by atoms with Crippen molar-refractivity contribution in [3.63, 3.8) is 0 Å². The Morgan fingerprint density at radius 1 is 1.15 bits per heavy atom. The zero-order valence-corrected chi connectivity index (χ0v) is 11.0. The molecule has 0 aliphatic heterocycles. The lowest BCUT2D eigenvalue weighted by atomic mass is 10.1. The molecule has 3 rings (SSSR count). The van der Waals surface area contributed by atoms with Crippen molar-refractivity contribution in [1.82, 2.24) is 9.97 Å². The van der Waals surface area contributed by atoms with Crippen LogP contribution in [0, 0.1) is 0 Å². The van der Waals surface area contributed by atoms with Crippen LogP contribution in [0.15, 0.2) is 48.5 Å². The highest BCUT2D eigenvalue weighted by molar-refractivity contribution is 5.99. The van der Waals surface area contributed by atoms with Gasteiger partial charge in [-0.1, -0.05) is 30.3 Å². The topological polar surface area (TPSA) is 71.8 Å². The molecule has 20 heavy (non-hydrogen) atoms. The van der Waals surface area contributed by atoms with Gasteiger partial charge in [0, 0.05) is 17.5 Å². The van der Waals surface area contributed by atoms with Crippen LogP contribution in [0.25, 0.3) is 22.4 Å². The summed E-state index contributed by atoms with van der Waals surface area (Å²) in [5.41, 5.74) is 8.84. The molecule has 0 radical (unpaired) electrons. The number of Topliss-reactive ketones (excluding diaryl/α,β-unsaturated/α-hetero) is 1. The molecule has 2 aromatic carbocycles. The number of H-pyrrole nitrogens is 1. The van der Waals surface area contributed by atoms with Crippen LogP contribution in [0.1, 0.15) is 16.8 Å². The fourth-order valence-electron chi connectivity index (χ4n) is 2.19. The van der Waals surface area contributed by atoms with Gasteiger partial charge in [0.1, 0.15) is 5.82 Å².